The van der Waals surface area contributed by atoms with E-state index in [4.69, 9.17) is 4.74 Å². The van der Waals surface area contributed by atoms with E-state index in [0.717, 1.165) is 17.7 Å². The van der Waals surface area contributed by atoms with Crippen molar-refractivity contribution in [1.82, 2.24) is 0 Å². The lowest BCUT2D eigenvalue weighted by molar-refractivity contribution is 0.258. The highest BCUT2D eigenvalue weighted by molar-refractivity contribution is 5.51. The zero-order chi connectivity index (χ0) is 12.3. The van der Waals surface area contributed by atoms with E-state index < -0.39 is 0 Å². The van der Waals surface area contributed by atoms with Crippen molar-refractivity contribution in [3.63, 3.8) is 0 Å². The molecular formula is C14H22O2. The van der Waals surface area contributed by atoms with Crippen LogP contribution in [-0.4, -0.2) is 18.8 Å². The molecule has 1 atom stereocenters. The van der Waals surface area contributed by atoms with Gasteiger partial charge in [-0.05, 0) is 43.9 Å². The second-order valence-corrected chi connectivity index (χ2v) is 4.37. The predicted molar refractivity (Wildman–Crippen MR) is 67.3 cm³/mol. The number of ether oxygens (including phenoxy) is 1. The fourth-order valence-corrected chi connectivity index (χ4v) is 2.27. The Kier molecular flexibility index (Phi) is 4.36. The number of rotatable bonds is 4. The van der Waals surface area contributed by atoms with Crippen LogP contribution >= 0.6 is 0 Å². The summed E-state index contributed by atoms with van der Waals surface area (Å²) in [5, 5.41) is 9.43. The summed E-state index contributed by atoms with van der Waals surface area (Å²) in [4.78, 5) is 0. The molecule has 0 fully saturated rings. The lowest BCUT2D eigenvalue weighted by atomic mass is 9.89. The smallest absolute Gasteiger partial charge is 0.125 e. The number of aliphatic hydroxyl groups excluding tert-OH is 1. The molecule has 0 saturated heterocycles. The summed E-state index contributed by atoms with van der Waals surface area (Å²) >= 11 is 0. The molecule has 0 heterocycles. The van der Waals surface area contributed by atoms with Gasteiger partial charge in [-0.25, -0.2) is 0 Å². The zero-order valence-corrected chi connectivity index (χ0v) is 10.9. The van der Waals surface area contributed by atoms with Gasteiger partial charge in [0.05, 0.1) is 13.7 Å². The van der Waals surface area contributed by atoms with Crippen molar-refractivity contribution in [2.24, 2.45) is 0 Å². The Morgan fingerprint density at radius 1 is 1.25 bits per heavy atom. The minimum absolute atomic E-state index is 0.175. The van der Waals surface area contributed by atoms with E-state index in [1.165, 1.54) is 16.7 Å². The first-order valence-corrected chi connectivity index (χ1v) is 5.82. The Labute approximate surface area is 98.3 Å². The number of methoxy groups -OCH3 is 1. The van der Waals surface area contributed by atoms with Gasteiger partial charge in [0.15, 0.2) is 0 Å². The maximum atomic E-state index is 9.43. The maximum Gasteiger partial charge on any atom is 0.125 e. The fourth-order valence-electron chi connectivity index (χ4n) is 2.27. The molecule has 0 radical (unpaired) electrons. The van der Waals surface area contributed by atoms with Gasteiger partial charge in [0.1, 0.15) is 5.75 Å². The molecule has 0 saturated carbocycles. The van der Waals surface area contributed by atoms with Crippen molar-refractivity contribution in [2.75, 3.05) is 13.7 Å². The number of hydrogen-bond donors (Lipinski definition) is 1. The number of aliphatic hydroxyl groups is 1. The van der Waals surface area contributed by atoms with Crippen molar-refractivity contribution in [2.45, 2.75) is 40.0 Å². The van der Waals surface area contributed by atoms with Gasteiger partial charge in [0.25, 0.3) is 0 Å². The second-order valence-electron chi connectivity index (χ2n) is 4.37. The van der Waals surface area contributed by atoms with Gasteiger partial charge in [-0.1, -0.05) is 13.0 Å². The van der Waals surface area contributed by atoms with E-state index in [-0.39, 0.29) is 12.5 Å². The van der Waals surface area contributed by atoms with Crippen LogP contribution in [0.3, 0.4) is 0 Å². The van der Waals surface area contributed by atoms with Crippen LogP contribution in [0.1, 0.15) is 41.5 Å². The highest BCUT2D eigenvalue weighted by Gasteiger charge is 2.19. The molecule has 0 aliphatic rings. The van der Waals surface area contributed by atoms with Crippen LogP contribution in [0.4, 0.5) is 0 Å². The van der Waals surface area contributed by atoms with Crippen molar-refractivity contribution >= 4 is 0 Å². The average molecular weight is 222 g/mol. The summed E-state index contributed by atoms with van der Waals surface area (Å²) < 4.78 is 5.51. The van der Waals surface area contributed by atoms with Gasteiger partial charge >= 0.3 is 0 Å². The molecule has 1 unspecified atom stereocenters. The van der Waals surface area contributed by atoms with E-state index in [1.54, 1.807) is 7.11 Å². The van der Waals surface area contributed by atoms with Crippen LogP contribution in [0.25, 0.3) is 0 Å². The Bertz CT molecular complexity index is 365. The van der Waals surface area contributed by atoms with E-state index in [9.17, 15) is 5.11 Å². The summed E-state index contributed by atoms with van der Waals surface area (Å²) in [6.07, 6.45) is 0.927. The Balaban J connectivity index is 3.41. The van der Waals surface area contributed by atoms with Gasteiger partial charge < -0.3 is 9.84 Å². The van der Waals surface area contributed by atoms with Gasteiger partial charge in [-0.15, -0.1) is 0 Å². The van der Waals surface area contributed by atoms with E-state index in [2.05, 4.69) is 33.8 Å². The summed E-state index contributed by atoms with van der Waals surface area (Å²) in [6, 6.07) is 2.17. The molecule has 16 heavy (non-hydrogen) atoms. The predicted octanol–water partition coefficient (Wildman–Crippen LogP) is 3.11. The molecular weight excluding hydrogens is 200 g/mol. The Morgan fingerprint density at radius 2 is 1.88 bits per heavy atom. The molecule has 90 valence electrons. The fraction of sp³-hybridized carbons (Fsp3) is 0.571. The summed E-state index contributed by atoms with van der Waals surface area (Å²) in [6.45, 7) is 8.52. The van der Waals surface area contributed by atoms with Crippen molar-refractivity contribution in [3.8, 4) is 5.75 Å². The summed E-state index contributed by atoms with van der Waals surface area (Å²) in [5.41, 5.74) is 4.79. The third-order valence-electron chi connectivity index (χ3n) is 3.36. The summed E-state index contributed by atoms with van der Waals surface area (Å²) in [7, 11) is 1.70. The normalized spacial score (nSPS) is 12.6. The highest BCUT2D eigenvalue weighted by atomic mass is 16.5. The number of aryl methyl sites for hydroxylation is 2. The van der Waals surface area contributed by atoms with Crippen molar-refractivity contribution < 1.29 is 9.84 Å². The SMILES string of the molecule is CCC(CO)c1c(C)cc(C)c(C)c1OC. The molecule has 0 spiro atoms. The van der Waals surface area contributed by atoms with Crippen LogP contribution < -0.4 is 4.74 Å². The van der Waals surface area contributed by atoms with Crippen LogP contribution in [0, 0.1) is 20.8 Å². The van der Waals surface area contributed by atoms with E-state index >= 15 is 0 Å². The van der Waals surface area contributed by atoms with Crippen LogP contribution in [0.2, 0.25) is 0 Å². The molecule has 1 aromatic carbocycles. The molecule has 2 heteroatoms. The lowest BCUT2D eigenvalue weighted by Gasteiger charge is -2.21. The molecule has 0 aromatic heterocycles. The minimum atomic E-state index is 0.175. The standard InChI is InChI=1S/C14H22O2/c1-6-12(8-15)13-10(3)7-9(2)11(4)14(13)16-5/h7,12,15H,6,8H2,1-5H3. The van der Waals surface area contributed by atoms with E-state index in [1.807, 2.05) is 0 Å². The first-order chi connectivity index (χ1) is 7.56. The number of hydrogen-bond acceptors (Lipinski definition) is 2. The van der Waals surface area contributed by atoms with Crippen molar-refractivity contribution in [1.29, 1.82) is 0 Å². The van der Waals surface area contributed by atoms with Gasteiger partial charge in [-0.2, -0.15) is 0 Å². The lowest BCUT2D eigenvalue weighted by Crippen LogP contribution is -2.09. The van der Waals surface area contributed by atoms with Crippen molar-refractivity contribution in [3.05, 3.63) is 28.3 Å². The molecule has 1 aromatic rings. The second kappa shape index (κ2) is 5.35. The van der Waals surface area contributed by atoms with Gasteiger partial charge in [0.2, 0.25) is 0 Å². The molecule has 2 nitrogen and oxygen atoms in total. The van der Waals surface area contributed by atoms with Crippen LogP contribution in [0.15, 0.2) is 6.07 Å². The largest absolute Gasteiger partial charge is 0.496 e. The highest BCUT2D eigenvalue weighted by Crippen LogP contribution is 2.36. The van der Waals surface area contributed by atoms with Crippen LogP contribution in [0.5, 0.6) is 5.75 Å². The van der Waals surface area contributed by atoms with E-state index in [0.29, 0.717) is 0 Å². The Hall–Kier alpha value is -1.02. The Morgan fingerprint density at radius 3 is 2.31 bits per heavy atom. The first-order valence-electron chi connectivity index (χ1n) is 5.82. The number of benzene rings is 1. The molecule has 0 amide bonds. The molecule has 0 aliphatic heterocycles. The molecule has 1 rings (SSSR count). The molecule has 0 aliphatic carbocycles. The van der Waals surface area contributed by atoms with Crippen LogP contribution in [-0.2, 0) is 0 Å². The zero-order valence-electron chi connectivity index (χ0n) is 10.9. The monoisotopic (exact) mass is 222 g/mol. The first kappa shape index (κ1) is 13.0. The van der Waals surface area contributed by atoms with Gasteiger partial charge in [0, 0.05) is 11.5 Å². The minimum Gasteiger partial charge on any atom is -0.496 e. The third-order valence-corrected chi connectivity index (χ3v) is 3.36. The summed E-state index contributed by atoms with van der Waals surface area (Å²) in [5.74, 6) is 1.12. The molecule has 0 bridgehead atoms. The third kappa shape index (κ3) is 2.22. The topological polar surface area (TPSA) is 29.5 Å². The van der Waals surface area contributed by atoms with Gasteiger partial charge in [-0.3, -0.25) is 0 Å². The maximum absolute atomic E-state index is 9.43. The quantitative estimate of drug-likeness (QED) is 0.848. The molecule has 1 N–H and O–H groups in total. The average Bonchev–Trinajstić information content (AvgIpc) is 2.27.